The first-order valence-electron chi connectivity index (χ1n) is 10.5. The number of benzene rings is 2. The topological polar surface area (TPSA) is 81.7 Å². The van der Waals surface area contributed by atoms with E-state index in [1.807, 2.05) is 74.5 Å². The quantitative estimate of drug-likeness (QED) is 0.542. The summed E-state index contributed by atoms with van der Waals surface area (Å²) < 4.78 is 10.2. The first-order chi connectivity index (χ1) is 14.9. The van der Waals surface area contributed by atoms with Gasteiger partial charge in [0.2, 0.25) is 0 Å². The van der Waals surface area contributed by atoms with Crippen molar-refractivity contribution in [3.05, 3.63) is 71.8 Å². The number of Topliss-reactive ketones (excluding diaryl/α,β-unsaturated/α-hetero) is 1. The van der Waals surface area contributed by atoms with Gasteiger partial charge in [-0.25, -0.2) is 4.79 Å². The Labute approximate surface area is 183 Å². The summed E-state index contributed by atoms with van der Waals surface area (Å²) in [6, 6.07) is 18.1. The van der Waals surface area contributed by atoms with Gasteiger partial charge in [-0.05, 0) is 29.9 Å². The fourth-order valence-electron chi connectivity index (χ4n) is 3.34. The third-order valence-electron chi connectivity index (χ3n) is 4.91. The number of carbonyl (C=O) groups excluding carboxylic acids is 3. The SMILES string of the molecule is COC(=O)C(CC(=O)[C@H](CC(C)C)NC(=O)OCc1ccccc1)Cc1ccccc1. The average Bonchev–Trinajstić information content (AvgIpc) is 2.77. The van der Waals surface area contributed by atoms with E-state index in [0.717, 1.165) is 11.1 Å². The molecule has 0 aromatic heterocycles. The Bertz CT molecular complexity index is 836. The van der Waals surface area contributed by atoms with Crippen molar-refractivity contribution in [3.63, 3.8) is 0 Å². The second-order valence-corrected chi connectivity index (χ2v) is 7.97. The predicted octanol–water partition coefficient (Wildman–Crippen LogP) is 4.32. The van der Waals surface area contributed by atoms with Gasteiger partial charge in [-0.3, -0.25) is 9.59 Å². The van der Waals surface area contributed by atoms with Gasteiger partial charge in [0.25, 0.3) is 0 Å². The molecule has 2 atom stereocenters. The second-order valence-electron chi connectivity index (χ2n) is 7.97. The number of amides is 1. The number of hydrogen-bond acceptors (Lipinski definition) is 5. The third-order valence-corrected chi connectivity index (χ3v) is 4.91. The van der Waals surface area contributed by atoms with Gasteiger partial charge in [0.15, 0.2) is 5.78 Å². The van der Waals surface area contributed by atoms with Crippen molar-refractivity contribution in [1.82, 2.24) is 5.32 Å². The Morgan fingerprint density at radius 2 is 1.48 bits per heavy atom. The van der Waals surface area contributed by atoms with E-state index in [0.29, 0.717) is 12.8 Å². The summed E-state index contributed by atoms with van der Waals surface area (Å²) in [4.78, 5) is 37.6. The molecule has 0 heterocycles. The van der Waals surface area contributed by atoms with E-state index in [9.17, 15) is 14.4 Å². The van der Waals surface area contributed by atoms with E-state index < -0.39 is 24.0 Å². The van der Waals surface area contributed by atoms with Crippen molar-refractivity contribution in [1.29, 1.82) is 0 Å². The number of esters is 1. The molecular weight excluding hydrogens is 394 g/mol. The van der Waals surface area contributed by atoms with E-state index in [4.69, 9.17) is 9.47 Å². The molecule has 0 saturated carbocycles. The summed E-state index contributed by atoms with van der Waals surface area (Å²) in [6.07, 6.45) is 0.184. The molecule has 0 aliphatic carbocycles. The monoisotopic (exact) mass is 425 g/mol. The van der Waals surface area contributed by atoms with Crippen LogP contribution in [0.1, 0.15) is 37.8 Å². The van der Waals surface area contributed by atoms with Crippen LogP contribution in [0.5, 0.6) is 0 Å². The van der Waals surface area contributed by atoms with Gasteiger partial charge in [0.1, 0.15) is 6.61 Å². The van der Waals surface area contributed by atoms with E-state index in [-0.39, 0.29) is 24.7 Å². The summed E-state index contributed by atoms with van der Waals surface area (Å²) in [7, 11) is 1.32. The molecule has 6 heteroatoms. The van der Waals surface area contributed by atoms with Crippen LogP contribution in [-0.4, -0.2) is 31.0 Å². The summed E-state index contributed by atoms with van der Waals surface area (Å²) in [5.74, 6) is -1.09. The molecule has 1 N–H and O–H groups in total. The van der Waals surface area contributed by atoms with Crippen molar-refractivity contribution in [3.8, 4) is 0 Å². The lowest BCUT2D eigenvalue weighted by Gasteiger charge is -2.22. The molecule has 0 spiro atoms. The molecular formula is C25H31NO5. The van der Waals surface area contributed by atoms with Crippen LogP contribution in [0, 0.1) is 11.8 Å². The summed E-state index contributed by atoms with van der Waals surface area (Å²) in [5.41, 5.74) is 1.80. The molecule has 0 saturated heterocycles. The molecule has 2 aromatic rings. The molecule has 0 fully saturated rings. The molecule has 2 rings (SSSR count). The maximum absolute atomic E-state index is 13.0. The Kier molecular flexibility index (Phi) is 9.75. The normalized spacial score (nSPS) is 12.6. The van der Waals surface area contributed by atoms with Gasteiger partial charge in [-0.15, -0.1) is 0 Å². The van der Waals surface area contributed by atoms with Gasteiger partial charge in [0.05, 0.1) is 19.1 Å². The van der Waals surface area contributed by atoms with Gasteiger partial charge < -0.3 is 14.8 Å². The number of nitrogens with one attached hydrogen (secondary N) is 1. The number of methoxy groups -OCH3 is 1. The van der Waals surface area contributed by atoms with Crippen LogP contribution in [0.3, 0.4) is 0 Å². The summed E-state index contributed by atoms with van der Waals surface area (Å²) >= 11 is 0. The van der Waals surface area contributed by atoms with Crippen LogP contribution in [0.15, 0.2) is 60.7 Å². The molecule has 2 aromatic carbocycles. The maximum Gasteiger partial charge on any atom is 0.408 e. The van der Waals surface area contributed by atoms with Crippen LogP contribution in [-0.2, 0) is 32.1 Å². The molecule has 166 valence electrons. The average molecular weight is 426 g/mol. The highest BCUT2D eigenvalue weighted by Crippen LogP contribution is 2.18. The number of rotatable bonds is 11. The predicted molar refractivity (Wildman–Crippen MR) is 118 cm³/mol. The molecule has 6 nitrogen and oxygen atoms in total. The largest absolute Gasteiger partial charge is 0.469 e. The Morgan fingerprint density at radius 3 is 2.03 bits per heavy atom. The highest BCUT2D eigenvalue weighted by atomic mass is 16.5. The highest BCUT2D eigenvalue weighted by Gasteiger charge is 2.29. The third kappa shape index (κ3) is 8.62. The van der Waals surface area contributed by atoms with Crippen LogP contribution in [0.25, 0.3) is 0 Å². The summed E-state index contributed by atoms with van der Waals surface area (Å²) in [6.45, 7) is 4.06. The number of alkyl carbamates (subject to hydrolysis) is 1. The van der Waals surface area contributed by atoms with Crippen molar-refractivity contribution < 1.29 is 23.9 Å². The molecule has 1 unspecified atom stereocenters. The van der Waals surface area contributed by atoms with Gasteiger partial charge >= 0.3 is 12.1 Å². The lowest BCUT2D eigenvalue weighted by molar-refractivity contribution is -0.147. The minimum Gasteiger partial charge on any atom is -0.469 e. The number of ether oxygens (including phenoxy) is 2. The van der Waals surface area contributed by atoms with Crippen molar-refractivity contribution in [2.45, 2.75) is 45.8 Å². The molecule has 0 aliphatic heterocycles. The standard InChI is InChI=1S/C25H31NO5/c1-18(2)14-22(26-25(29)31-17-20-12-8-5-9-13-20)23(27)16-21(24(28)30-3)15-19-10-6-4-7-11-19/h4-13,18,21-22H,14-17H2,1-3H3,(H,26,29)/t21?,22-/m0/s1. The Morgan fingerprint density at radius 1 is 0.903 bits per heavy atom. The fraction of sp³-hybridized carbons (Fsp3) is 0.400. The minimum atomic E-state index is -0.730. The molecule has 31 heavy (non-hydrogen) atoms. The van der Waals surface area contributed by atoms with Crippen LogP contribution < -0.4 is 5.32 Å². The van der Waals surface area contributed by atoms with Crippen LogP contribution in [0.4, 0.5) is 4.79 Å². The van der Waals surface area contributed by atoms with E-state index >= 15 is 0 Å². The zero-order chi connectivity index (χ0) is 22.6. The smallest absolute Gasteiger partial charge is 0.408 e. The van der Waals surface area contributed by atoms with Crippen LogP contribution >= 0.6 is 0 Å². The lowest BCUT2D eigenvalue weighted by atomic mass is 9.90. The van der Waals surface area contributed by atoms with E-state index in [1.54, 1.807) is 0 Å². The molecule has 1 amide bonds. The summed E-state index contributed by atoms with van der Waals surface area (Å²) in [5, 5.41) is 2.68. The Balaban J connectivity index is 2.01. The highest BCUT2D eigenvalue weighted by molar-refractivity contribution is 5.90. The van der Waals surface area contributed by atoms with E-state index in [2.05, 4.69) is 5.32 Å². The lowest BCUT2D eigenvalue weighted by Crippen LogP contribution is -2.43. The van der Waals surface area contributed by atoms with Crippen LogP contribution in [0.2, 0.25) is 0 Å². The van der Waals surface area contributed by atoms with Gasteiger partial charge in [-0.1, -0.05) is 74.5 Å². The number of carbonyl (C=O) groups is 3. The van der Waals surface area contributed by atoms with Gasteiger partial charge in [0, 0.05) is 6.42 Å². The van der Waals surface area contributed by atoms with E-state index in [1.165, 1.54) is 7.11 Å². The minimum absolute atomic E-state index is 0.0160. The maximum atomic E-state index is 13.0. The first kappa shape index (κ1) is 24.1. The van der Waals surface area contributed by atoms with Crippen molar-refractivity contribution in [2.75, 3.05) is 7.11 Å². The molecule has 0 aliphatic rings. The number of hydrogen-bond donors (Lipinski definition) is 1. The fourth-order valence-corrected chi connectivity index (χ4v) is 3.34. The zero-order valence-electron chi connectivity index (χ0n) is 18.4. The molecule has 0 radical (unpaired) electrons. The van der Waals surface area contributed by atoms with Gasteiger partial charge in [-0.2, -0.15) is 0 Å². The van der Waals surface area contributed by atoms with Crippen molar-refractivity contribution in [2.24, 2.45) is 11.8 Å². The van der Waals surface area contributed by atoms with Crippen molar-refractivity contribution >= 4 is 17.8 Å². The second kappa shape index (κ2) is 12.5. The molecule has 0 bridgehead atoms. The zero-order valence-corrected chi connectivity index (χ0v) is 18.4. The first-order valence-corrected chi connectivity index (χ1v) is 10.5. The Hall–Kier alpha value is -3.15. The number of ketones is 1.